The molecule has 1 aliphatic heterocycles. The van der Waals surface area contributed by atoms with Crippen molar-refractivity contribution in [2.75, 3.05) is 20.3 Å². The van der Waals surface area contributed by atoms with Gasteiger partial charge in [-0.2, -0.15) is 13.2 Å². The van der Waals surface area contributed by atoms with Crippen LogP contribution in [0.2, 0.25) is 0 Å². The first-order chi connectivity index (χ1) is 15.3. The average Bonchev–Trinajstić information content (AvgIpc) is 3.15. The summed E-state index contributed by atoms with van der Waals surface area (Å²) in [7, 11) is 1.39. The van der Waals surface area contributed by atoms with Crippen LogP contribution in [0.25, 0.3) is 11.0 Å². The predicted molar refractivity (Wildman–Crippen MR) is 104 cm³/mol. The lowest BCUT2D eigenvalue weighted by Crippen LogP contribution is -2.43. The summed E-state index contributed by atoms with van der Waals surface area (Å²) in [4.78, 5) is 28.4. The molecule has 12 heteroatoms. The van der Waals surface area contributed by atoms with Gasteiger partial charge in [-0.15, -0.1) is 0 Å². The summed E-state index contributed by atoms with van der Waals surface area (Å²) < 4.78 is 56.9. The highest BCUT2D eigenvalue weighted by molar-refractivity contribution is 5.96. The van der Waals surface area contributed by atoms with E-state index in [1.165, 1.54) is 37.4 Å². The monoisotopic (exact) mass is 450 g/mol. The Morgan fingerprint density at radius 1 is 1.16 bits per heavy atom. The summed E-state index contributed by atoms with van der Waals surface area (Å²) in [5.74, 6) is -1.90. The lowest BCUT2D eigenvalue weighted by molar-refractivity contribution is -0.147. The average molecular weight is 450 g/mol. The van der Waals surface area contributed by atoms with Crippen molar-refractivity contribution >= 4 is 22.8 Å². The number of imidazole rings is 1. The zero-order valence-corrected chi connectivity index (χ0v) is 16.7. The lowest BCUT2D eigenvalue weighted by atomic mass is 10.1. The number of benzene rings is 2. The maximum absolute atomic E-state index is 13.4. The third-order valence-corrected chi connectivity index (χ3v) is 4.62. The third kappa shape index (κ3) is 4.11. The minimum Gasteiger partial charge on any atom is -0.493 e. The molecular formula is C20H17F3N4O5. The number of fused-ring (bicyclic) bond motifs is 2. The van der Waals surface area contributed by atoms with Gasteiger partial charge in [0.2, 0.25) is 11.6 Å². The van der Waals surface area contributed by atoms with Gasteiger partial charge in [-0.05, 0) is 24.3 Å². The first-order valence-corrected chi connectivity index (χ1v) is 9.37. The Labute approximate surface area is 179 Å². The van der Waals surface area contributed by atoms with Crippen LogP contribution in [-0.2, 0) is 17.5 Å². The first-order valence-electron chi connectivity index (χ1n) is 9.37. The molecule has 1 aromatic heterocycles. The number of hydrogen-bond acceptors (Lipinski definition) is 6. The molecule has 0 unspecified atom stereocenters. The summed E-state index contributed by atoms with van der Waals surface area (Å²) in [5.41, 5.74) is 4.61. The molecule has 1 aliphatic rings. The van der Waals surface area contributed by atoms with Gasteiger partial charge in [-0.25, -0.2) is 4.98 Å². The molecule has 0 aliphatic carbocycles. The van der Waals surface area contributed by atoms with Crippen molar-refractivity contribution in [1.82, 2.24) is 20.4 Å². The SMILES string of the molecule is COc1cc(C(=O)NNC(=O)Cn2c(C(F)(F)F)nc3ccccc32)cc2c1OCCO2. The maximum Gasteiger partial charge on any atom is 0.449 e. The second kappa shape index (κ2) is 8.29. The molecule has 32 heavy (non-hydrogen) atoms. The largest absolute Gasteiger partial charge is 0.493 e. The number of methoxy groups -OCH3 is 1. The minimum atomic E-state index is -4.76. The molecule has 4 rings (SSSR count). The van der Waals surface area contributed by atoms with Gasteiger partial charge in [0.15, 0.2) is 11.5 Å². The van der Waals surface area contributed by atoms with E-state index in [0.717, 1.165) is 4.57 Å². The van der Waals surface area contributed by atoms with Crippen molar-refractivity contribution in [3.63, 3.8) is 0 Å². The van der Waals surface area contributed by atoms with Crippen molar-refractivity contribution in [3.8, 4) is 17.2 Å². The van der Waals surface area contributed by atoms with Gasteiger partial charge >= 0.3 is 6.18 Å². The molecule has 2 amide bonds. The number of hydrazine groups is 1. The van der Waals surface area contributed by atoms with E-state index in [1.54, 1.807) is 6.07 Å². The van der Waals surface area contributed by atoms with Crippen LogP contribution in [0, 0.1) is 0 Å². The number of carbonyl (C=O) groups is 2. The molecule has 0 spiro atoms. The Hall–Kier alpha value is -3.96. The molecular weight excluding hydrogens is 433 g/mol. The predicted octanol–water partition coefficient (Wildman–Crippen LogP) is 2.30. The molecule has 2 heterocycles. The summed E-state index contributed by atoms with van der Waals surface area (Å²) in [5, 5.41) is 0. The Bertz CT molecular complexity index is 1170. The van der Waals surface area contributed by atoms with Gasteiger partial charge in [0, 0.05) is 5.56 Å². The lowest BCUT2D eigenvalue weighted by Gasteiger charge is -2.21. The van der Waals surface area contributed by atoms with Crippen molar-refractivity contribution < 1.29 is 37.0 Å². The van der Waals surface area contributed by atoms with Crippen LogP contribution in [0.5, 0.6) is 17.2 Å². The van der Waals surface area contributed by atoms with Crippen molar-refractivity contribution in [2.45, 2.75) is 12.7 Å². The van der Waals surface area contributed by atoms with E-state index in [9.17, 15) is 22.8 Å². The van der Waals surface area contributed by atoms with Crippen molar-refractivity contribution in [2.24, 2.45) is 0 Å². The van der Waals surface area contributed by atoms with Crippen molar-refractivity contribution in [1.29, 1.82) is 0 Å². The van der Waals surface area contributed by atoms with E-state index >= 15 is 0 Å². The molecule has 9 nitrogen and oxygen atoms in total. The zero-order chi connectivity index (χ0) is 22.9. The summed E-state index contributed by atoms with van der Waals surface area (Å²) >= 11 is 0. The summed E-state index contributed by atoms with van der Waals surface area (Å²) in [6.07, 6.45) is -4.76. The van der Waals surface area contributed by atoms with E-state index < -0.39 is 30.4 Å². The fourth-order valence-electron chi connectivity index (χ4n) is 3.24. The van der Waals surface area contributed by atoms with Crippen molar-refractivity contribution in [3.05, 3.63) is 47.8 Å². The van der Waals surface area contributed by atoms with Crippen LogP contribution in [-0.4, -0.2) is 41.7 Å². The van der Waals surface area contributed by atoms with E-state index in [0.29, 0.717) is 24.7 Å². The Balaban J connectivity index is 1.49. The van der Waals surface area contributed by atoms with Crippen LogP contribution in [0.4, 0.5) is 13.2 Å². The summed E-state index contributed by atoms with van der Waals surface area (Å²) in [6, 6.07) is 8.71. The third-order valence-electron chi connectivity index (χ3n) is 4.62. The molecule has 0 saturated carbocycles. The number of ether oxygens (including phenoxy) is 3. The molecule has 0 saturated heterocycles. The quantitative estimate of drug-likeness (QED) is 0.592. The molecule has 0 radical (unpaired) electrons. The fourth-order valence-corrected chi connectivity index (χ4v) is 3.24. The summed E-state index contributed by atoms with van der Waals surface area (Å²) in [6.45, 7) is -0.0910. The normalized spacial score (nSPS) is 13.0. The van der Waals surface area contributed by atoms with Crippen LogP contribution in [0.15, 0.2) is 36.4 Å². The van der Waals surface area contributed by atoms with Crippen LogP contribution in [0.1, 0.15) is 16.2 Å². The van der Waals surface area contributed by atoms with Gasteiger partial charge < -0.3 is 18.8 Å². The highest BCUT2D eigenvalue weighted by Crippen LogP contribution is 2.40. The van der Waals surface area contributed by atoms with Crippen LogP contribution >= 0.6 is 0 Å². The number of nitrogens with one attached hydrogen (secondary N) is 2. The smallest absolute Gasteiger partial charge is 0.449 e. The van der Waals surface area contributed by atoms with E-state index in [4.69, 9.17) is 14.2 Å². The molecule has 3 aromatic rings. The van der Waals surface area contributed by atoms with E-state index in [2.05, 4.69) is 15.8 Å². The van der Waals surface area contributed by atoms with E-state index in [1.807, 2.05) is 0 Å². The molecule has 2 aromatic carbocycles. The Morgan fingerprint density at radius 2 is 1.91 bits per heavy atom. The van der Waals surface area contributed by atoms with Gasteiger partial charge in [-0.3, -0.25) is 20.4 Å². The number of hydrogen-bond donors (Lipinski definition) is 2. The molecule has 0 atom stereocenters. The number of rotatable bonds is 4. The van der Waals surface area contributed by atoms with Crippen LogP contribution in [0.3, 0.4) is 0 Å². The topological polar surface area (TPSA) is 104 Å². The first kappa shape index (κ1) is 21.3. The second-order valence-electron chi connectivity index (χ2n) is 6.71. The zero-order valence-electron chi connectivity index (χ0n) is 16.7. The number of alkyl halides is 3. The van der Waals surface area contributed by atoms with Crippen LogP contribution < -0.4 is 25.1 Å². The number of aromatic nitrogens is 2. The molecule has 0 fully saturated rings. The number of amides is 2. The number of halogens is 3. The standard InChI is InChI=1S/C20H17F3N4O5/c1-30-14-8-11(9-15-17(14)32-7-6-31-15)18(29)26-25-16(28)10-27-13-5-3-2-4-12(13)24-19(27)20(21,22)23/h2-5,8-9H,6-7,10H2,1H3,(H,25,28)(H,26,29). The minimum absolute atomic E-state index is 0.0930. The van der Waals surface area contributed by atoms with Gasteiger partial charge in [0.25, 0.3) is 11.8 Å². The number of para-hydroxylation sites is 2. The second-order valence-corrected chi connectivity index (χ2v) is 6.71. The number of carbonyl (C=O) groups excluding carboxylic acids is 2. The Morgan fingerprint density at radius 3 is 2.66 bits per heavy atom. The molecule has 168 valence electrons. The highest BCUT2D eigenvalue weighted by atomic mass is 19.4. The molecule has 2 N–H and O–H groups in total. The number of nitrogens with zero attached hydrogens (tertiary/aromatic N) is 2. The van der Waals surface area contributed by atoms with E-state index in [-0.39, 0.29) is 22.3 Å². The fraction of sp³-hybridized carbons (Fsp3) is 0.250. The highest BCUT2D eigenvalue weighted by Gasteiger charge is 2.38. The van der Waals surface area contributed by atoms with Gasteiger partial charge in [0.1, 0.15) is 19.8 Å². The van der Waals surface area contributed by atoms with Gasteiger partial charge in [-0.1, -0.05) is 12.1 Å². The van der Waals surface area contributed by atoms with Gasteiger partial charge in [0.05, 0.1) is 18.1 Å². The Kier molecular flexibility index (Phi) is 5.51. The maximum atomic E-state index is 13.4. The molecule has 0 bridgehead atoms.